The van der Waals surface area contributed by atoms with E-state index in [1.807, 2.05) is 13.3 Å². The summed E-state index contributed by atoms with van der Waals surface area (Å²) in [5, 5.41) is 0. The van der Waals surface area contributed by atoms with Gasteiger partial charge in [0.05, 0.1) is 0 Å². The highest BCUT2D eigenvalue weighted by Gasteiger charge is 2.16. The van der Waals surface area contributed by atoms with E-state index in [-0.39, 0.29) is 0 Å². The fraction of sp³-hybridized carbons (Fsp3) is 0.533. The monoisotopic (exact) mass is 245 g/mol. The SMILES string of the molecule is CC/C=C(\C=NC)c1cc2n(c1)CCN(CC)C2. The zero-order valence-corrected chi connectivity index (χ0v) is 11.7. The van der Waals surface area contributed by atoms with Crippen molar-refractivity contribution < 1.29 is 0 Å². The first-order valence-electron chi connectivity index (χ1n) is 6.82. The molecule has 3 heteroatoms. The fourth-order valence-corrected chi connectivity index (χ4v) is 2.48. The van der Waals surface area contributed by atoms with Crippen LogP contribution < -0.4 is 0 Å². The van der Waals surface area contributed by atoms with Gasteiger partial charge in [0.15, 0.2) is 0 Å². The van der Waals surface area contributed by atoms with Gasteiger partial charge in [-0.3, -0.25) is 9.89 Å². The molecule has 1 aromatic heterocycles. The van der Waals surface area contributed by atoms with Gasteiger partial charge >= 0.3 is 0 Å². The molecule has 3 nitrogen and oxygen atoms in total. The van der Waals surface area contributed by atoms with E-state index in [2.05, 4.69) is 46.6 Å². The average molecular weight is 245 g/mol. The first-order valence-corrected chi connectivity index (χ1v) is 6.82. The number of nitrogens with zero attached hydrogens (tertiary/aromatic N) is 3. The van der Waals surface area contributed by atoms with Crippen molar-refractivity contribution in [1.29, 1.82) is 0 Å². The van der Waals surface area contributed by atoms with Crippen LogP contribution in [0.5, 0.6) is 0 Å². The van der Waals surface area contributed by atoms with Crippen molar-refractivity contribution in [3.8, 4) is 0 Å². The van der Waals surface area contributed by atoms with Crippen LogP contribution in [0.4, 0.5) is 0 Å². The molecule has 98 valence electrons. The lowest BCUT2D eigenvalue weighted by Gasteiger charge is -2.26. The van der Waals surface area contributed by atoms with Crippen LogP contribution in [0.25, 0.3) is 5.57 Å². The Bertz CT molecular complexity index is 454. The highest BCUT2D eigenvalue weighted by atomic mass is 15.2. The lowest BCUT2D eigenvalue weighted by molar-refractivity contribution is 0.232. The second kappa shape index (κ2) is 6.01. The number of aromatic nitrogens is 1. The molecule has 2 heterocycles. The summed E-state index contributed by atoms with van der Waals surface area (Å²) >= 11 is 0. The number of rotatable bonds is 4. The van der Waals surface area contributed by atoms with Gasteiger partial charge in [-0.25, -0.2) is 0 Å². The third kappa shape index (κ3) is 2.72. The molecule has 0 aliphatic carbocycles. The third-order valence-corrected chi connectivity index (χ3v) is 3.50. The smallest absolute Gasteiger partial charge is 0.0388 e. The van der Waals surface area contributed by atoms with Gasteiger partial charge in [0.2, 0.25) is 0 Å². The van der Waals surface area contributed by atoms with Crippen LogP contribution >= 0.6 is 0 Å². The zero-order valence-electron chi connectivity index (χ0n) is 11.7. The van der Waals surface area contributed by atoms with Crippen molar-refractivity contribution >= 4 is 11.8 Å². The first kappa shape index (κ1) is 13.1. The minimum atomic E-state index is 1.04. The summed E-state index contributed by atoms with van der Waals surface area (Å²) in [6, 6.07) is 2.31. The van der Waals surface area contributed by atoms with E-state index in [0.717, 1.165) is 32.6 Å². The highest BCUT2D eigenvalue weighted by molar-refractivity contribution is 6.09. The highest BCUT2D eigenvalue weighted by Crippen LogP contribution is 2.21. The van der Waals surface area contributed by atoms with E-state index in [0.29, 0.717) is 0 Å². The predicted octanol–water partition coefficient (Wildman–Crippen LogP) is 2.82. The summed E-state index contributed by atoms with van der Waals surface area (Å²) in [6.45, 7) is 8.86. The Hall–Kier alpha value is -1.35. The molecule has 2 rings (SSSR count). The Kier molecular flexibility index (Phi) is 4.37. The maximum absolute atomic E-state index is 4.16. The van der Waals surface area contributed by atoms with Crippen LogP contribution in [-0.4, -0.2) is 35.8 Å². The van der Waals surface area contributed by atoms with E-state index in [9.17, 15) is 0 Å². The minimum Gasteiger partial charge on any atom is -0.348 e. The fourth-order valence-electron chi connectivity index (χ4n) is 2.48. The van der Waals surface area contributed by atoms with Gasteiger partial charge in [0.25, 0.3) is 0 Å². The molecule has 1 aliphatic rings. The van der Waals surface area contributed by atoms with Gasteiger partial charge in [0.1, 0.15) is 0 Å². The lowest BCUT2D eigenvalue weighted by Crippen LogP contribution is -2.32. The minimum absolute atomic E-state index is 1.04. The van der Waals surface area contributed by atoms with Crippen LogP contribution in [0.3, 0.4) is 0 Å². The second-order valence-corrected chi connectivity index (χ2v) is 4.74. The van der Waals surface area contributed by atoms with E-state index in [1.54, 1.807) is 0 Å². The molecule has 0 unspecified atom stereocenters. The van der Waals surface area contributed by atoms with Crippen molar-refractivity contribution in [3.63, 3.8) is 0 Å². The van der Waals surface area contributed by atoms with Crippen molar-refractivity contribution in [3.05, 3.63) is 29.6 Å². The molecule has 0 aromatic carbocycles. The molecule has 0 N–H and O–H groups in total. The molecule has 0 atom stereocenters. The molecule has 1 aliphatic heterocycles. The topological polar surface area (TPSA) is 20.5 Å². The second-order valence-electron chi connectivity index (χ2n) is 4.74. The quantitative estimate of drug-likeness (QED) is 0.747. The van der Waals surface area contributed by atoms with Crippen molar-refractivity contribution in [2.75, 3.05) is 20.1 Å². The van der Waals surface area contributed by atoms with Crippen LogP contribution in [0.2, 0.25) is 0 Å². The molecular formula is C15H23N3. The van der Waals surface area contributed by atoms with E-state index >= 15 is 0 Å². The lowest BCUT2D eigenvalue weighted by atomic mass is 10.1. The summed E-state index contributed by atoms with van der Waals surface area (Å²) in [6.07, 6.45) is 7.52. The van der Waals surface area contributed by atoms with Crippen LogP contribution in [0.15, 0.2) is 23.3 Å². The summed E-state index contributed by atoms with van der Waals surface area (Å²) in [4.78, 5) is 6.64. The molecule has 0 amide bonds. The van der Waals surface area contributed by atoms with Crippen LogP contribution in [-0.2, 0) is 13.1 Å². The molecule has 1 aromatic rings. The summed E-state index contributed by atoms with van der Waals surface area (Å²) < 4.78 is 2.38. The number of hydrogen-bond donors (Lipinski definition) is 0. The average Bonchev–Trinajstić information content (AvgIpc) is 2.81. The van der Waals surface area contributed by atoms with Crippen LogP contribution in [0, 0.1) is 0 Å². The standard InChI is InChI=1S/C15H23N3/c1-4-6-13(10-16-3)14-9-15-12-17(5-2)7-8-18(15)11-14/h6,9-11H,4-5,7-8,12H2,1-3H3/b13-6+,16-10?. The summed E-state index contributed by atoms with van der Waals surface area (Å²) in [5.41, 5.74) is 3.96. The molecular weight excluding hydrogens is 222 g/mol. The molecule has 0 saturated carbocycles. The Balaban J connectivity index is 2.26. The normalized spacial score (nSPS) is 17.4. The Morgan fingerprint density at radius 3 is 2.89 bits per heavy atom. The summed E-state index contributed by atoms with van der Waals surface area (Å²) in [7, 11) is 1.83. The number of fused-ring (bicyclic) bond motifs is 1. The maximum Gasteiger partial charge on any atom is 0.0388 e. The number of allylic oxidation sites excluding steroid dienone is 2. The van der Waals surface area contributed by atoms with Crippen molar-refractivity contribution in [1.82, 2.24) is 9.47 Å². The van der Waals surface area contributed by atoms with E-state index < -0.39 is 0 Å². The zero-order chi connectivity index (χ0) is 13.0. The Morgan fingerprint density at radius 1 is 1.39 bits per heavy atom. The number of hydrogen-bond acceptors (Lipinski definition) is 2. The maximum atomic E-state index is 4.16. The Morgan fingerprint density at radius 2 is 2.22 bits per heavy atom. The Labute approximate surface area is 110 Å². The van der Waals surface area contributed by atoms with Crippen LogP contribution in [0.1, 0.15) is 31.5 Å². The molecule has 0 radical (unpaired) electrons. The van der Waals surface area contributed by atoms with Gasteiger partial charge in [-0.2, -0.15) is 0 Å². The largest absolute Gasteiger partial charge is 0.348 e. The third-order valence-electron chi connectivity index (χ3n) is 3.50. The first-order chi connectivity index (χ1) is 8.78. The van der Waals surface area contributed by atoms with Gasteiger partial charge < -0.3 is 4.57 Å². The van der Waals surface area contributed by atoms with E-state index in [1.165, 1.54) is 16.8 Å². The molecule has 0 fully saturated rings. The van der Waals surface area contributed by atoms with E-state index in [4.69, 9.17) is 0 Å². The predicted molar refractivity (Wildman–Crippen MR) is 78.1 cm³/mol. The number of aliphatic imine (C=N–C) groups is 1. The summed E-state index contributed by atoms with van der Waals surface area (Å²) in [5.74, 6) is 0. The molecule has 0 saturated heterocycles. The molecule has 0 spiro atoms. The van der Waals surface area contributed by atoms with Gasteiger partial charge in [-0.05, 0) is 24.6 Å². The van der Waals surface area contributed by atoms with Gasteiger partial charge in [0, 0.05) is 50.4 Å². The molecule has 0 bridgehead atoms. The molecule has 18 heavy (non-hydrogen) atoms. The number of likely N-dealkylation sites (N-methyl/N-ethyl adjacent to an activating group) is 1. The van der Waals surface area contributed by atoms with Crippen molar-refractivity contribution in [2.45, 2.75) is 33.4 Å². The van der Waals surface area contributed by atoms with Gasteiger partial charge in [-0.15, -0.1) is 0 Å². The van der Waals surface area contributed by atoms with Gasteiger partial charge in [-0.1, -0.05) is 19.9 Å². The van der Waals surface area contributed by atoms with Crippen molar-refractivity contribution in [2.24, 2.45) is 4.99 Å².